The van der Waals surface area contributed by atoms with Crippen molar-refractivity contribution < 1.29 is 4.79 Å². The minimum absolute atomic E-state index is 0.0681. The van der Waals surface area contributed by atoms with Gasteiger partial charge in [0.05, 0.1) is 5.56 Å². The van der Waals surface area contributed by atoms with E-state index in [1.165, 1.54) is 20.0 Å². The Kier molecular flexibility index (Phi) is 3.08. The highest BCUT2D eigenvalue weighted by Crippen LogP contribution is 2.20. The van der Waals surface area contributed by atoms with Crippen molar-refractivity contribution in [2.75, 3.05) is 7.05 Å². The summed E-state index contributed by atoms with van der Waals surface area (Å²) in [6, 6.07) is 6.74. The van der Waals surface area contributed by atoms with Crippen molar-refractivity contribution in [2.45, 2.75) is 6.92 Å². The molecule has 0 atom stereocenters. The zero-order valence-electron chi connectivity index (χ0n) is 7.98. The van der Waals surface area contributed by atoms with E-state index in [1.807, 2.05) is 6.07 Å². The summed E-state index contributed by atoms with van der Waals surface area (Å²) in [7, 11) is 1.53. The monoisotopic (exact) mass is 187 g/mol. The molecular weight excluding hydrogens is 178 g/mol. The molecule has 14 heavy (non-hydrogen) atoms. The average molecular weight is 187 g/mol. The van der Waals surface area contributed by atoms with Gasteiger partial charge in [-0.3, -0.25) is 4.79 Å². The van der Waals surface area contributed by atoms with Gasteiger partial charge in [-0.25, -0.2) is 0 Å². The quantitative estimate of drug-likeness (QED) is 0.527. The van der Waals surface area contributed by atoms with Gasteiger partial charge in [0.1, 0.15) is 11.8 Å². The van der Waals surface area contributed by atoms with Crippen LogP contribution in [-0.4, -0.2) is 12.8 Å². The Morgan fingerprint density at radius 2 is 2.21 bits per heavy atom. The maximum atomic E-state index is 11.0. The fourth-order valence-corrected chi connectivity index (χ4v) is 1.04. The van der Waals surface area contributed by atoms with Crippen LogP contribution in [0.4, 0.5) is 5.69 Å². The van der Waals surface area contributed by atoms with E-state index >= 15 is 0 Å². The summed E-state index contributed by atoms with van der Waals surface area (Å²) < 4.78 is 0. The SMILES string of the molecule is CN=Nc1ccc(C(C)=O)cc1C#N. The van der Waals surface area contributed by atoms with Crippen LogP contribution in [0.2, 0.25) is 0 Å². The Morgan fingerprint density at radius 3 is 2.71 bits per heavy atom. The van der Waals surface area contributed by atoms with Crippen LogP contribution in [0.1, 0.15) is 22.8 Å². The molecule has 0 fully saturated rings. The molecule has 1 aromatic rings. The third-order valence-corrected chi connectivity index (χ3v) is 1.73. The molecule has 0 heterocycles. The molecule has 0 aromatic heterocycles. The van der Waals surface area contributed by atoms with E-state index in [0.29, 0.717) is 16.8 Å². The van der Waals surface area contributed by atoms with E-state index in [4.69, 9.17) is 5.26 Å². The van der Waals surface area contributed by atoms with E-state index in [-0.39, 0.29) is 5.78 Å². The summed E-state index contributed by atoms with van der Waals surface area (Å²) in [5.74, 6) is -0.0681. The second-order valence-electron chi connectivity index (χ2n) is 2.70. The molecule has 1 rings (SSSR count). The molecule has 0 unspecified atom stereocenters. The van der Waals surface area contributed by atoms with Crippen molar-refractivity contribution in [2.24, 2.45) is 10.2 Å². The highest BCUT2D eigenvalue weighted by molar-refractivity contribution is 5.94. The smallest absolute Gasteiger partial charge is 0.159 e. The maximum Gasteiger partial charge on any atom is 0.159 e. The molecule has 0 amide bonds. The Balaban J connectivity index is 3.26. The number of azo groups is 1. The Labute approximate surface area is 81.9 Å². The van der Waals surface area contributed by atoms with Crippen LogP contribution in [0.15, 0.2) is 28.4 Å². The van der Waals surface area contributed by atoms with E-state index in [0.717, 1.165) is 0 Å². The highest BCUT2D eigenvalue weighted by Gasteiger charge is 2.05. The van der Waals surface area contributed by atoms with Gasteiger partial charge in [-0.1, -0.05) is 0 Å². The largest absolute Gasteiger partial charge is 0.295 e. The maximum absolute atomic E-state index is 11.0. The lowest BCUT2D eigenvalue weighted by Crippen LogP contribution is -1.92. The Hall–Kier alpha value is -2.02. The predicted molar refractivity (Wildman–Crippen MR) is 51.6 cm³/mol. The van der Waals surface area contributed by atoms with Crippen molar-refractivity contribution in [3.05, 3.63) is 29.3 Å². The molecule has 0 bridgehead atoms. The predicted octanol–water partition coefficient (Wildman–Crippen LogP) is 2.47. The minimum atomic E-state index is -0.0681. The fourth-order valence-electron chi connectivity index (χ4n) is 1.04. The molecule has 0 N–H and O–H groups in total. The number of carbonyl (C=O) groups is 1. The van der Waals surface area contributed by atoms with Crippen LogP contribution in [0.25, 0.3) is 0 Å². The van der Waals surface area contributed by atoms with Crippen LogP contribution in [-0.2, 0) is 0 Å². The van der Waals surface area contributed by atoms with Gasteiger partial charge in [0, 0.05) is 12.6 Å². The van der Waals surface area contributed by atoms with Crippen molar-refractivity contribution >= 4 is 11.5 Å². The number of Topliss-reactive ketones (excluding diaryl/α,β-unsaturated/α-hetero) is 1. The first-order chi connectivity index (χ1) is 6.69. The number of rotatable bonds is 2. The van der Waals surface area contributed by atoms with Gasteiger partial charge in [0.25, 0.3) is 0 Å². The van der Waals surface area contributed by atoms with Gasteiger partial charge in [-0.2, -0.15) is 15.5 Å². The van der Waals surface area contributed by atoms with Gasteiger partial charge < -0.3 is 0 Å². The summed E-state index contributed by atoms with van der Waals surface area (Å²) in [5, 5.41) is 16.1. The Bertz CT molecular complexity index is 429. The lowest BCUT2D eigenvalue weighted by atomic mass is 10.1. The molecule has 0 aliphatic carbocycles. The first-order valence-corrected chi connectivity index (χ1v) is 4.04. The van der Waals surface area contributed by atoms with E-state index in [9.17, 15) is 4.79 Å². The van der Waals surface area contributed by atoms with Crippen molar-refractivity contribution in [3.8, 4) is 6.07 Å². The van der Waals surface area contributed by atoms with Gasteiger partial charge in [0.2, 0.25) is 0 Å². The topological polar surface area (TPSA) is 65.6 Å². The minimum Gasteiger partial charge on any atom is -0.295 e. The van der Waals surface area contributed by atoms with Crippen molar-refractivity contribution in [1.29, 1.82) is 5.26 Å². The molecule has 0 spiro atoms. The number of nitriles is 1. The second-order valence-corrected chi connectivity index (χ2v) is 2.70. The lowest BCUT2D eigenvalue weighted by Gasteiger charge is -1.98. The zero-order chi connectivity index (χ0) is 10.6. The number of carbonyl (C=O) groups excluding carboxylic acids is 1. The summed E-state index contributed by atoms with van der Waals surface area (Å²) in [4.78, 5) is 11.0. The number of hydrogen-bond acceptors (Lipinski definition) is 4. The Morgan fingerprint density at radius 1 is 1.50 bits per heavy atom. The normalized spacial score (nSPS) is 10.1. The van der Waals surface area contributed by atoms with Gasteiger partial charge in [0.15, 0.2) is 5.78 Å². The third-order valence-electron chi connectivity index (χ3n) is 1.73. The third kappa shape index (κ3) is 2.02. The summed E-state index contributed by atoms with van der Waals surface area (Å²) in [5.41, 5.74) is 1.36. The van der Waals surface area contributed by atoms with Crippen molar-refractivity contribution in [3.63, 3.8) is 0 Å². The van der Waals surface area contributed by atoms with Crippen LogP contribution >= 0.6 is 0 Å². The van der Waals surface area contributed by atoms with Crippen LogP contribution in [0, 0.1) is 11.3 Å². The molecule has 0 radical (unpaired) electrons. The molecule has 1 aromatic carbocycles. The molecule has 0 saturated heterocycles. The lowest BCUT2D eigenvalue weighted by molar-refractivity contribution is 0.101. The van der Waals surface area contributed by atoms with Crippen LogP contribution in [0.5, 0.6) is 0 Å². The summed E-state index contributed by atoms with van der Waals surface area (Å²) >= 11 is 0. The van der Waals surface area contributed by atoms with E-state index in [2.05, 4.69) is 10.2 Å². The summed E-state index contributed by atoms with van der Waals surface area (Å²) in [6.45, 7) is 1.46. The van der Waals surface area contributed by atoms with Crippen LogP contribution < -0.4 is 0 Å². The highest BCUT2D eigenvalue weighted by atomic mass is 16.1. The number of ketones is 1. The van der Waals surface area contributed by atoms with Gasteiger partial charge in [-0.05, 0) is 25.1 Å². The van der Waals surface area contributed by atoms with Gasteiger partial charge in [-0.15, -0.1) is 0 Å². The molecule has 0 aliphatic heterocycles. The van der Waals surface area contributed by atoms with E-state index in [1.54, 1.807) is 12.1 Å². The molecule has 70 valence electrons. The first-order valence-electron chi connectivity index (χ1n) is 4.04. The molecule has 4 nitrogen and oxygen atoms in total. The standard InChI is InChI=1S/C10H9N3O/c1-7(14)8-3-4-10(13-12-2)9(5-8)6-11/h3-5H,1-2H3. The van der Waals surface area contributed by atoms with Crippen LogP contribution in [0.3, 0.4) is 0 Å². The molecular formula is C10H9N3O. The zero-order valence-corrected chi connectivity index (χ0v) is 7.98. The molecule has 0 aliphatic rings. The average Bonchev–Trinajstić information content (AvgIpc) is 2.18. The molecule has 0 saturated carbocycles. The van der Waals surface area contributed by atoms with Crippen molar-refractivity contribution in [1.82, 2.24) is 0 Å². The molecule has 4 heteroatoms. The first kappa shape index (κ1) is 10.1. The fraction of sp³-hybridized carbons (Fsp3) is 0.200. The second kappa shape index (κ2) is 4.28. The number of benzene rings is 1. The number of hydrogen-bond donors (Lipinski definition) is 0. The number of nitrogens with zero attached hydrogens (tertiary/aromatic N) is 3. The summed E-state index contributed by atoms with van der Waals surface area (Å²) in [6.07, 6.45) is 0. The van der Waals surface area contributed by atoms with E-state index < -0.39 is 0 Å². The van der Waals surface area contributed by atoms with Gasteiger partial charge >= 0.3 is 0 Å².